The maximum absolute atomic E-state index is 6.07. The van der Waals surface area contributed by atoms with Crippen molar-refractivity contribution in [3.05, 3.63) is 46.3 Å². The summed E-state index contributed by atoms with van der Waals surface area (Å²) in [5, 5.41) is 0. The Balaban J connectivity index is 2.06. The molecule has 0 N–H and O–H groups in total. The van der Waals surface area contributed by atoms with E-state index in [2.05, 4.69) is 13.8 Å². The highest BCUT2D eigenvalue weighted by molar-refractivity contribution is 6.24. The molecule has 2 rings (SSSR count). The topological polar surface area (TPSA) is 9.23 Å². The fourth-order valence-electron chi connectivity index (χ4n) is 2.33. The molecule has 0 fully saturated rings. The van der Waals surface area contributed by atoms with Crippen molar-refractivity contribution < 1.29 is 4.74 Å². The number of ether oxygens (including phenoxy) is 1. The molecule has 0 saturated heterocycles. The van der Waals surface area contributed by atoms with Crippen molar-refractivity contribution in [3.8, 4) is 0 Å². The number of allylic oxidation sites excluding steroid dienone is 8. The first-order valence-electron chi connectivity index (χ1n) is 6.58. The SMILES string of the molecule is [B]C1=CC=C(OC2=CC([B])=C(C(C)C)CC2)CC1. The standard InChI is InChI=1S/C15H18B2O/c1-10(2)14-8-7-13(9-15(14)17)18-12-5-3-11(16)4-6-12/h3,5,9-10H,4,6-8H2,1-2H3. The molecular formula is C15H18B2O. The molecule has 0 unspecified atom stereocenters. The summed E-state index contributed by atoms with van der Waals surface area (Å²) in [6.07, 6.45) is 9.53. The Kier molecular flexibility index (Phi) is 4.21. The van der Waals surface area contributed by atoms with Crippen LogP contribution in [0.1, 0.15) is 39.5 Å². The van der Waals surface area contributed by atoms with Gasteiger partial charge in [-0.15, -0.1) is 5.47 Å². The summed E-state index contributed by atoms with van der Waals surface area (Å²) >= 11 is 0. The van der Waals surface area contributed by atoms with Gasteiger partial charge in [-0.2, -0.15) is 0 Å². The van der Waals surface area contributed by atoms with E-state index in [4.69, 9.17) is 20.4 Å². The summed E-state index contributed by atoms with van der Waals surface area (Å²) in [5.74, 6) is 2.47. The second kappa shape index (κ2) is 5.69. The predicted molar refractivity (Wildman–Crippen MR) is 77.2 cm³/mol. The quantitative estimate of drug-likeness (QED) is 0.681. The predicted octanol–water partition coefficient (Wildman–Crippen LogP) is 3.49. The summed E-state index contributed by atoms with van der Waals surface area (Å²) in [7, 11) is 11.8. The van der Waals surface area contributed by atoms with E-state index in [1.165, 1.54) is 5.57 Å². The van der Waals surface area contributed by atoms with Crippen molar-refractivity contribution in [2.75, 3.05) is 0 Å². The highest BCUT2D eigenvalue weighted by atomic mass is 16.5. The molecule has 3 heteroatoms. The van der Waals surface area contributed by atoms with Crippen molar-refractivity contribution in [2.45, 2.75) is 39.5 Å². The van der Waals surface area contributed by atoms with Crippen LogP contribution in [-0.4, -0.2) is 15.7 Å². The molecular weight excluding hydrogens is 218 g/mol. The summed E-state index contributed by atoms with van der Waals surface area (Å²) in [5.41, 5.74) is 3.13. The maximum Gasteiger partial charge on any atom is 0.113 e. The molecule has 0 aromatic rings. The molecule has 2 aliphatic rings. The molecule has 0 spiro atoms. The van der Waals surface area contributed by atoms with E-state index in [9.17, 15) is 0 Å². The average Bonchev–Trinajstić information content (AvgIpc) is 2.32. The smallest absolute Gasteiger partial charge is 0.113 e. The number of rotatable bonds is 3. The van der Waals surface area contributed by atoms with Gasteiger partial charge in [0.25, 0.3) is 0 Å². The minimum Gasteiger partial charge on any atom is -0.466 e. The maximum atomic E-state index is 6.07. The Morgan fingerprint density at radius 3 is 2.28 bits per heavy atom. The lowest BCUT2D eigenvalue weighted by Crippen LogP contribution is -2.07. The zero-order valence-corrected chi connectivity index (χ0v) is 11.2. The van der Waals surface area contributed by atoms with Gasteiger partial charge >= 0.3 is 0 Å². The first-order chi connectivity index (χ1) is 8.56. The van der Waals surface area contributed by atoms with Crippen molar-refractivity contribution in [2.24, 2.45) is 5.92 Å². The van der Waals surface area contributed by atoms with Gasteiger partial charge in [0, 0.05) is 12.8 Å². The van der Waals surface area contributed by atoms with E-state index in [0.717, 1.165) is 48.1 Å². The third kappa shape index (κ3) is 3.22. The molecule has 2 aliphatic carbocycles. The second-order valence-electron chi connectivity index (χ2n) is 5.22. The van der Waals surface area contributed by atoms with E-state index in [0.29, 0.717) is 5.92 Å². The van der Waals surface area contributed by atoms with Crippen LogP contribution < -0.4 is 0 Å². The molecule has 0 heterocycles. The van der Waals surface area contributed by atoms with Crippen LogP contribution >= 0.6 is 0 Å². The Labute approximate surface area is 112 Å². The zero-order valence-electron chi connectivity index (χ0n) is 11.2. The van der Waals surface area contributed by atoms with Gasteiger partial charge in [-0.05, 0) is 30.9 Å². The number of hydrogen-bond donors (Lipinski definition) is 0. The Morgan fingerprint density at radius 2 is 1.72 bits per heavy atom. The third-order valence-corrected chi connectivity index (χ3v) is 3.43. The van der Waals surface area contributed by atoms with Crippen LogP contribution in [0.25, 0.3) is 0 Å². The monoisotopic (exact) mass is 236 g/mol. The van der Waals surface area contributed by atoms with E-state index in [1.807, 2.05) is 18.2 Å². The van der Waals surface area contributed by atoms with E-state index in [1.54, 1.807) is 0 Å². The van der Waals surface area contributed by atoms with Gasteiger partial charge in [0.05, 0.1) is 0 Å². The van der Waals surface area contributed by atoms with Gasteiger partial charge in [0.2, 0.25) is 0 Å². The lowest BCUT2D eigenvalue weighted by atomic mass is 9.79. The molecule has 18 heavy (non-hydrogen) atoms. The summed E-state index contributed by atoms with van der Waals surface area (Å²) < 4.78 is 5.89. The normalized spacial score (nSPS) is 20.5. The van der Waals surface area contributed by atoms with Gasteiger partial charge < -0.3 is 4.74 Å². The molecule has 1 nitrogen and oxygen atoms in total. The first kappa shape index (κ1) is 13.3. The number of hydrogen-bond acceptors (Lipinski definition) is 1. The second-order valence-corrected chi connectivity index (χ2v) is 5.22. The molecule has 0 saturated carbocycles. The van der Waals surface area contributed by atoms with Crippen molar-refractivity contribution >= 4 is 15.7 Å². The highest BCUT2D eigenvalue weighted by Gasteiger charge is 2.15. The molecule has 0 aliphatic heterocycles. The lowest BCUT2D eigenvalue weighted by Gasteiger charge is -2.23. The van der Waals surface area contributed by atoms with Crippen LogP contribution in [0, 0.1) is 5.92 Å². The molecule has 4 radical (unpaired) electrons. The third-order valence-electron chi connectivity index (χ3n) is 3.43. The molecule has 90 valence electrons. The van der Waals surface area contributed by atoms with Crippen LogP contribution in [0.15, 0.2) is 46.3 Å². The van der Waals surface area contributed by atoms with Gasteiger partial charge in [-0.1, -0.05) is 31.0 Å². The van der Waals surface area contributed by atoms with E-state index in [-0.39, 0.29) is 0 Å². The van der Waals surface area contributed by atoms with Crippen LogP contribution in [-0.2, 0) is 4.74 Å². The lowest BCUT2D eigenvalue weighted by molar-refractivity contribution is 0.273. The summed E-state index contributed by atoms with van der Waals surface area (Å²) in [6.45, 7) is 4.36. The van der Waals surface area contributed by atoms with Gasteiger partial charge in [0.1, 0.15) is 27.2 Å². The average molecular weight is 236 g/mol. The van der Waals surface area contributed by atoms with Gasteiger partial charge in [-0.3, -0.25) is 0 Å². The molecule has 0 aromatic carbocycles. The molecule has 0 amide bonds. The minimum atomic E-state index is 0.513. The van der Waals surface area contributed by atoms with Gasteiger partial charge in [-0.25, -0.2) is 0 Å². The van der Waals surface area contributed by atoms with Crippen molar-refractivity contribution in [1.82, 2.24) is 0 Å². The molecule has 0 atom stereocenters. The Hall–Kier alpha value is -1.11. The zero-order chi connectivity index (χ0) is 13.1. The van der Waals surface area contributed by atoms with E-state index >= 15 is 0 Å². The van der Waals surface area contributed by atoms with Crippen LogP contribution in [0.3, 0.4) is 0 Å². The molecule has 0 bridgehead atoms. The Bertz CT molecular complexity index is 453. The molecule has 0 aromatic heterocycles. The van der Waals surface area contributed by atoms with Crippen LogP contribution in [0.4, 0.5) is 0 Å². The Morgan fingerprint density at radius 1 is 1.00 bits per heavy atom. The fourth-order valence-corrected chi connectivity index (χ4v) is 2.33. The van der Waals surface area contributed by atoms with Crippen molar-refractivity contribution in [1.29, 1.82) is 0 Å². The largest absolute Gasteiger partial charge is 0.466 e. The van der Waals surface area contributed by atoms with Crippen molar-refractivity contribution in [3.63, 3.8) is 0 Å². The van der Waals surface area contributed by atoms with Crippen LogP contribution in [0.2, 0.25) is 0 Å². The summed E-state index contributed by atoms with van der Waals surface area (Å²) in [6, 6.07) is 0. The van der Waals surface area contributed by atoms with Gasteiger partial charge in [0.15, 0.2) is 0 Å². The summed E-state index contributed by atoms with van der Waals surface area (Å²) in [4.78, 5) is 0. The first-order valence-corrected chi connectivity index (χ1v) is 6.58. The fraction of sp³-hybridized carbons (Fsp3) is 0.467. The van der Waals surface area contributed by atoms with Crippen LogP contribution in [0.5, 0.6) is 0 Å². The minimum absolute atomic E-state index is 0.513. The highest BCUT2D eigenvalue weighted by Crippen LogP contribution is 2.30. The van der Waals surface area contributed by atoms with E-state index < -0.39 is 0 Å².